The minimum Gasteiger partial charge on any atom is -0.340 e. The van der Waals surface area contributed by atoms with Crippen molar-refractivity contribution in [2.45, 2.75) is 46.5 Å². The second kappa shape index (κ2) is 7.62. The molecule has 1 aliphatic heterocycles. The van der Waals surface area contributed by atoms with Crippen LogP contribution in [-0.2, 0) is 15.0 Å². The van der Waals surface area contributed by atoms with Crippen molar-refractivity contribution in [1.29, 1.82) is 0 Å². The summed E-state index contributed by atoms with van der Waals surface area (Å²) in [6.07, 6.45) is 7.12. The van der Waals surface area contributed by atoms with E-state index in [1.54, 1.807) is 0 Å². The van der Waals surface area contributed by atoms with E-state index in [2.05, 4.69) is 65.5 Å². The summed E-state index contributed by atoms with van der Waals surface area (Å²) in [5.74, 6) is -0.822. The predicted molar refractivity (Wildman–Crippen MR) is 118 cm³/mol. The van der Waals surface area contributed by atoms with Gasteiger partial charge in [0.2, 0.25) is 19.8 Å². The molecule has 0 bridgehead atoms. The zero-order chi connectivity index (χ0) is 21.6. The van der Waals surface area contributed by atoms with Gasteiger partial charge in [-0.05, 0) is 35.2 Å². The van der Waals surface area contributed by atoms with Crippen LogP contribution in [0.25, 0.3) is 0 Å². The minimum absolute atomic E-state index is 0.0149. The van der Waals surface area contributed by atoms with E-state index >= 15 is 0 Å². The lowest BCUT2D eigenvalue weighted by Crippen LogP contribution is -2.35. The average molecular weight is 389 g/mol. The molecule has 0 aromatic heterocycles. The molecule has 1 heterocycles. The number of allylic oxidation sites excluding steroid dienone is 3. The van der Waals surface area contributed by atoms with E-state index in [0.717, 1.165) is 11.2 Å². The molecule has 1 saturated heterocycles. The van der Waals surface area contributed by atoms with Crippen LogP contribution in [-0.4, -0.2) is 24.6 Å². The normalized spacial score (nSPS) is 28.8. The van der Waals surface area contributed by atoms with Crippen LogP contribution in [0.5, 0.6) is 0 Å². The quantitative estimate of drug-likeness (QED) is 0.402. The lowest BCUT2D eigenvalue weighted by Gasteiger charge is -2.35. The maximum Gasteiger partial charge on any atom is 0.242 e. The molecule has 5 unspecified atom stereocenters. The van der Waals surface area contributed by atoms with Gasteiger partial charge < -0.3 is 4.81 Å². The first-order valence-electron chi connectivity index (χ1n) is 10.5. The van der Waals surface area contributed by atoms with E-state index in [1.807, 2.05) is 24.3 Å². The van der Waals surface area contributed by atoms with Crippen molar-refractivity contribution < 1.29 is 9.59 Å². The smallest absolute Gasteiger partial charge is 0.242 e. The minimum atomic E-state index is -0.358. The number of hydrogen-bond acceptors (Lipinski definition) is 2. The third-order valence-electron chi connectivity index (χ3n) is 7.52. The Kier molecular flexibility index (Phi) is 5.68. The fourth-order valence-electron chi connectivity index (χ4n) is 5.02. The molecule has 1 aromatic rings. The standard InChI is InChI=1S/C25H32BNO2/c1-7-24(3,4)16(2)19-15-17(20-21(19)23(29)27(26)22(20)28)13-14-25(5,6)18-11-9-8-10-12-18/h7-14,16-17,19-21H,1,15H2,2-6H3/b14-13+. The van der Waals surface area contributed by atoms with Gasteiger partial charge in [0.15, 0.2) is 0 Å². The van der Waals surface area contributed by atoms with Crippen molar-refractivity contribution in [2.75, 3.05) is 0 Å². The Hall–Kier alpha value is -2.10. The molecule has 2 fully saturated rings. The maximum atomic E-state index is 12.8. The van der Waals surface area contributed by atoms with Gasteiger partial charge in [-0.3, -0.25) is 9.59 Å². The number of benzene rings is 1. The molecule has 1 saturated carbocycles. The molecule has 3 nitrogen and oxygen atoms in total. The Bertz CT molecular complexity index is 826. The van der Waals surface area contributed by atoms with Crippen molar-refractivity contribution in [1.82, 2.24) is 4.81 Å². The lowest BCUT2D eigenvalue weighted by molar-refractivity contribution is -0.135. The first kappa shape index (κ1) is 21.6. The highest BCUT2D eigenvalue weighted by molar-refractivity contribution is 6.28. The summed E-state index contributed by atoms with van der Waals surface area (Å²) in [7, 11) is 5.84. The molecule has 0 N–H and O–H groups in total. The number of rotatable bonds is 6. The van der Waals surface area contributed by atoms with Crippen LogP contribution < -0.4 is 0 Å². The Morgan fingerprint density at radius 2 is 1.69 bits per heavy atom. The number of amides is 2. The molecule has 4 heteroatoms. The second-order valence-electron chi connectivity index (χ2n) is 9.92. The molecule has 5 atom stereocenters. The fraction of sp³-hybridized carbons (Fsp3) is 0.520. The molecule has 2 radical (unpaired) electrons. The third kappa shape index (κ3) is 3.74. The SMILES string of the molecule is [B]N1C(=O)C2C(/C=C/C(C)(C)c3ccccc3)CC(C(C)C(C)(C)C=C)C2C1=O. The van der Waals surface area contributed by atoms with Crippen molar-refractivity contribution >= 4 is 19.8 Å². The largest absolute Gasteiger partial charge is 0.340 e. The monoisotopic (exact) mass is 389 g/mol. The van der Waals surface area contributed by atoms with Crippen molar-refractivity contribution in [3.05, 3.63) is 60.7 Å². The second-order valence-corrected chi connectivity index (χ2v) is 9.92. The summed E-state index contributed by atoms with van der Waals surface area (Å²) in [6.45, 7) is 14.8. The highest BCUT2D eigenvalue weighted by atomic mass is 16.2. The first-order valence-corrected chi connectivity index (χ1v) is 10.5. The van der Waals surface area contributed by atoms with Crippen molar-refractivity contribution in [3.8, 4) is 0 Å². The van der Waals surface area contributed by atoms with Crippen LogP contribution in [0.2, 0.25) is 0 Å². The Morgan fingerprint density at radius 3 is 2.28 bits per heavy atom. The topological polar surface area (TPSA) is 37.4 Å². The van der Waals surface area contributed by atoms with Gasteiger partial charge in [-0.25, -0.2) is 0 Å². The van der Waals surface area contributed by atoms with Crippen LogP contribution in [0.1, 0.15) is 46.6 Å². The summed E-state index contributed by atoms with van der Waals surface area (Å²) in [6, 6.07) is 10.3. The summed E-state index contributed by atoms with van der Waals surface area (Å²) < 4.78 is 0. The Labute approximate surface area is 176 Å². The van der Waals surface area contributed by atoms with E-state index in [1.165, 1.54) is 5.56 Å². The van der Waals surface area contributed by atoms with Gasteiger partial charge in [-0.15, -0.1) is 6.58 Å². The molecule has 1 aromatic carbocycles. The fourth-order valence-corrected chi connectivity index (χ4v) is 5.02. The summed E-state index contributed by atoms with van der Waals surface area (Å²) in [4.78, 5) is 26.5. The molecule has 152 valence electrons. The van der Waals surface area contributed by atoms with Gasteiger partial charge >= 0.3 is 0 Å². The van der Waals surface area contributed by atoms with E-state index in [9.17, 15) is 9.59 Å². The number of carbonyl (C=O) groups is 2. The van der Waals surface area contributed by atoms with Crippen LogP contribution in [0.3, 0.4) is 0 Å². The van der Waals surface area contributed by atoms with Crippen molar-refractivity contribution in [3.63, 3.8) is 0 Å². The highest BCUT2D eigenvalue weighted by Gasteiger charge is 2.58. The Balaban J connectivity index is 1.92. The molecule has 0 spiro atoms. The van der Waals surface area contributed by atoms with E-state index in [4.69, 9.17) is 7.98 Å². The van der Waals surface area contributed by atoms with Crippen LogP contribution >= 0.6 is 0 Å². The predicted octanol–water partition coefficient (Wildman–Crippen LogP) is 4.69. The summed E-state index contributed by atoms with van der Waals surface area (Å²) in [5, 5.41) is 0. The maximum absolute atomic E-state index is 12.8. The first-order chi connectivity index (χ1) is 13.5. The van der Waals surface area contributed by atoms with Crippen LogP contribution in [0, 0.1) is 35.0 Å². The molecule has 2 amide bonds. The molecular weight excluding hydrogens is 357 g/mol. The molecule has 1 aliphatic carbocycles. The van der Waals surface area contributed by atoms with E-state index in [0.29, 0.717) is 0 Å². The third-order valence-corrected chi connectivity index (χ3v) is 7.52. The van der Waals surface area contributed by atoms with Gasteiger partial charge in [0, 0.05) is 5.41 Å². The van der Waals surface area contributed by atoms with Gasteiger partial charge in [0.1, 0.15) is 0 Å². The number of imide groups is 1. The van der Waals surface area contributed by atoms with Crippen LogP contribution in [0.4, 0.5) is 0 Å². The zero-order valence-corrected chi connectivity index (χ0v) is 18.3. The van der Waals surface area contributed by atoms with E-state index < -0.39 is 0 Å². The van der Waals surface area contributed by atoms with Gasteiger partial charge in [-0.2, -0.15) is 0 Å². The number of carbonyl (C=O) groups excluding carboxylic acids is 2. The lowest BCUT2D eigenvalue weighted by atomic mass is 9.69. The number of hydrogen-bond donors (Lipinski definition) is 0. The summed E-state index contributed by atoms with van der Waals surface area (Å²) >= 11 is 0. The summed E-state index contributed by atoms with van der Waals surface area (Å²) in [5.41, 5.74) is 0.940. The van der Waals surface area contributed by atoms with E-state index in [-0.39, 0.29) is 52.2 Å². The van der Waals surface area contributed by atoms with Crippen molar-refractivity contribution in [2.24, 2.45) is 35.0 Å². The molecular formula is C25H32BNO2. The van der Waals surface area contributed by atoms with Gasteiger partial charge in [0.05, 0.1) is 11.8 Å². The van der Waals surface area contributed by atoms with Crippen LogP contribution in [0.15, 0.2) is 55.1 Å². The zero-order valence-electron chi connectivity index (χ0n) is 18.3. The molecule has 29 heavy (non-hydrogen) atoms. The van der Waals surface area contributed by atoms with Gasteiger partial charge in [0.25, 0.3) is 0 Å². The molecule has 2 aliphatic rings. The molecule has 3 rings (SSSR count). The highest BCUT2D eigenvalue weighted by Crippen LogP contribution is 2.53. The number of fused-ring (bicyclic) bond motifs is 1. The Morgan fingerprint density at radius 1 is 1.10 bits per heavy atom. The average Bonchev–Trinajstić information content (AvgIpc) is 3.19. The number of nitrogens with zero attached hydrogens (tertiary/aromatic N) is 1. The van der Waals surface area contributed by atoms with Gasteiger partial charge in [-0.1, -0.05) is 83.2 Å².